The van der Waals surface area contributed by atoms with E-state index < -0.39 is 33.5 Å². The predicted octanol–water partition coefficient (Wildman–Crippen LogP) is 1.34. The molecule has 1 aliphatic heterocycles. The topological polar surface area (TPSA) is 90.4 Å². The van der Waals surface area contributed by atoms with Crippen molar-refractivity contribution in [1.29, 1.82) is 5.26 Å². The fraction of sp³-hybridized carbons (Fsp3) is 0.364. The summed E-state index contributed by atoms with van der Waals surface area (Å²) in [4.78, 5) is 10.8. The molecule has 1 heterocycles. The summed E-state index contributed by atoms with van der Waals surface area (Å²) >= 11 is 0. The van der Waals surface area contributed by atoms with Crippen LogP contribution in [0.1, 0.15) is 6.42 Å². The molecule has 1 N–H and O–H groups in total. The molecule has 1 aromatic carbocycles. The van der Waals surface area contributed by atoms with E-state index in [1.807, 2.05) is 0 Å². The number of nitro benzene ring substituents is 1. The van der Waals surface area contributed by atoms with E-state index in [4.69, 9.17) is 5.26 Å². The van der Waals surface area contributed by atoms with Crippen molar-refractivity contribution in [2.24, 2.45) is 0 Å². The van der Waals surface area contributed by atoms with E-state index in [9.17, 15) is 24.0 Å². The van der Waals surface area contributed by atoms with Gasteiger partial charge in [-0.05, 0) is 0 Å². The zero-order valence-corrected chi connectivity index (χ0v) is 9.64. The summed E-state index contributed by atoms with van der Waals surface area (Å²) in [7, 11) is 0. The molecule has 2 rings (SSSR count). The van der Waals surface area contributed by atoms with E-state index in [1.165, 1.54) is 4.90 Å². The number of hydrogen-bond donors (Lipinski definition) is 1. The molecule has 1 saturated heterocycles. The third-order valence-electron chi connectivity index (χ3n) is 2.91. The Kier molecular flexibility index (Phi) is 3.08. The maximum Gasteiger partial charge on any atom is 0.275 e. The second-order valence-electron chi connectivity index (χ2n) is 4.43. The molecule has 0 unspecified atom stereocenters. The lowest BCUT2D eigenvalue weighted by Gasteiger charge is -2.46. The molecule has 19 heavy (non-hydrogen) atoms. The van der Waals surface area contributed by atoms with Crippen molar-refractivity contribution >= 4 is 11.4 Å². The van der Waals surface area contributed by atoms with Gasteiger partial charge in [-0.3, -0.25) is 10.1 Å². The van der Waals surface area contributed by atoms with Crippen LogP contribution in [0.25, 0.3) is 0 Å². The number of nitriles is 1. The highest BCUT2D eigenvalue weighted by Crippen LogP contribution is 2.35. The number of benzene rings is 1. The van der Waals surface area contributed by atoms with Gasteiger partial charge in [0.05, 0.1) is 29.5 Å². The van der Waals surface area contributed by atoms with Crippen LogP contribution in [-0.4, -0.2) is 28.7 Å². The van der Waals surface area contributed by atoms with Gasteiger partial charge in [0, 0.05) is 13.1 Å². The van der Waals surface area contributed by atoms with Crippen molar-refractivity contribution in [3.63, 3.8) is 0 Å². The average molecular weight is 269 g/mol. The Morgan fingerprint density at radius 1 is 1.47 bits per heavy atom. The van der Waals surface area contributed by atoms with Gasteiger partial charge < -0.3 is 10.0 Å². The summed E-state index contributed by atoms with van der Waals surface area (Å²) < 4.78 is 27.3. The molecule has 1 aliphatic rings. The highest BCUT2D eigenvalue weighted by molar-refractivity contribution is 5.56. The first kappa shape index (κ1) is 13.2. The third kappa shape index (κ3) is 2.32. The first-order valence-corrected chi connectivity index (χ1v) is 5.34. The summed E-state index contributed by atoms with van der Waals surface area (Å²) in [6.45, 7) is -0.182. The highest BCUT2D eigenvalue weighted by atomic mass is 19.1. The molecular weight excluding hydrogens is 260 g/mol. The molecule has 0 radical (unpaired) electrons. The number of anilines is 1. The molecule has 0 spiro atoms. The van der Waals surface area contributed by atoms with E-state index in [2.05, 4.69) is 0 Å². The van der Waals surface area contributed by atoms with Gasteiger partial charge in [0.25, 0.3) is 5.69 Å². The fourth-order valence-electron chi connectivity index (χ4n) is 2.04. The van der Waals surface area contributed by atoms with Crippen LogP contribution in [-0.2, 0) is 0 Å². The van der Waals surface area contributed by atoms with Crippen LogP contribution in [0.15, 0.2) is 12.1 Å². The zero-order chi connectivity index (χ0) is 14.2. The molecule has 0 atom stereocenters. The van der Waals surface area contributed by atoms with Gasteiger partial charge in [-0.2, -0.15) is 5.26 Å². The molecule has 8 heteroatoms. The monoisotopic (exact) mass is 269 g/mol. The quantitative estimate of drug-likeness (QED) is 0.660. The average Bonchev–Trinajstić information content (AvgIpc) is 2.25. The molecular formula is C11H9F2N3O3. The van der Waals surface area contributed by atoms with Gasteiger partial charge in [0.2, 0.25) is 0 Å². The van der Waals surface area contributed by atoms with Crippen molar-refractivity contribution in [3.05, 3.63) is 33.9 Å². The molecule has 1 fully saturated rings. The summed E-state index contributed by atoms with van der Waals surface area (Å²) in [5.74, 6) is -2.13. The zero-order valence-electron chi connectivity index (χ0n) is 9.64. The number of halogens is 2. The molecule has 0 aromatic heterocycles. The number of nitrogens with zero attached hydrogens (tertiary/aromatic N) is 3. The number of hydrogen-bond acceptors (Lipinski definition) is 5. The van der Waals surface area contributed by atoms with E-state index in [1.54, 1.807) is 6.07 Å². The molecule has 0 bridgehead atoms. The maximum atomic E-state index is 13.6. The van der Waals surface area contributed by atoms with Crippen molar-refractivity contribution < 1.29 is 18.8 Å². The Morgan fingerprint density at radius 2 is 2.00 bits per heavy atom. The van der Waals surface area contributed by atoms with Crippen LogP contribution >= 0.6 is 0 Å². The van der Waals surface area contributed by atoms with Crippen LogP contribution in [0.4, 0.5) is 20.2 Å². The molecule has 1 aromatic rings. The minimum absolute atomic E-state index is 0.0911. The van der Waals surface area contributed by atoms with E-state index in [0.717, 1.165) is 0 Å². The SMILES string of the molecule is N#CCC1(O)CN(c2c(F)cc([N+](=O)[O-])cc2F)C1. The van der Waals surface area contributed by atoms with Crippen LogP contribution < -0.4 is 4.90 Å². The van der Waals surface area contributed by atoms with Gasteiger partial charge in [-0.25, -0.2) is 8.78 Å². The van der Waals surface area contributed by atoms with Gasteiger partial charge >= 0.3 is 0 Å². The summed E-state index contributed by atoms with van der Waals surface area (Å²) in [5, 5.41) is 28.7. The largest absolute Gasteiger partial charge is 0.385 e. The number of β-amino-alcohol motifs (C(OH)–C–C–N with tert-alkyl or cyclic N) is 1. The number of aliphatic hydroxyl groups is 1. The summed E-state index contributed by atoms with van der Waals surface area (Å²) in [5.41, 5.74) is -2.38. The first-order valence-electron chi connectivity index (χ1n) is 5.34. The minimum Gasteiger partial charge on any atom is -0.385 e. The summed E-state index contributed by atoms with van der Waals surface area (Å²) in [6.07, 6.45) is -0.139. The van der Waals surface area contributed by atoms with Gasteiger partial charge in [0.1, 0.15) is 11.3 Å². The molecule has 100 valence electrons. The van der Waals surface area contributed by atoms with Crippen molar-refractivity contribution in [2.45, 2.75) is 12.0 Å². The Balaban J connectivity index is 2.24. The highest BCUT2D eigenvalue weighted by Gasteiger charge is 2.43. The van der Waals surface area contributed by atoms with Crippen LogP contribution in [0.2, 0.25) is 0 Å². The van der Waals surface area contributed by atoms with E-state index >= 15 is 0 Å². The second-order valence-corrected chi connectivity index (χ2v) is 4.43. The van der Waals surface area contributed by atoms with Gasteiger partial charge in [-0.1, -0.05) is 0 Å². The number of nitro groups is 1. The standard InChI is InChI=1S/C11H9F2N3O3/c12-8-3-7(16(18)19)4-9(13)10(8)15-5-11(17,6-15)1-2-14/h3-4,17H,1,5-6H2. The Labute approximate surface area is 106 Å². The minimum atomic E-state index is -1.28. The second kappa shape index (κ2) is 4.44. The Hall–Kier alpha value is -2.27. The van der Waals surface area contributed by atoms with E-state index in [-0.39, 0.29) is 19.5 Å². The normalized spacial score (nSPS) is 16.6. The fourth-order valence-corrected chi connectivity index (χ4v) is 2.04. The molecule has 0 aliphatic carbocycles. The Bertz CT molecular complexity index is 556. The van der Waals surface area contributed by atoms with Gasteiger partial charge in [0.15, 0.2) is 11.6 Å². The van der Waals surface area contributed by atoms with Crippen LogP contribution in [0, 0.1) is 33.1 Å². The Morgan fingerprint density at radius 3 is 2.42 bits per heavy atom. The first-order chi connectivity index (χ1) is 8.86. The number of rotatable bonds is 3. The number of non-ortho nitro benzene ring substituents is 1. The van der Waals surface area contributed by atoms with Crippen molar-refractivity contribution in [2.75, 3.05) is 18.0 Å². The third-order valence-corrected chi connectivity index (χ3v) is 2.91. The smallest absolute Gasteiger partial charge is 0.275 e. The molecule has 6 nitrogen and oxygen atoms in total. The van der Waals surface area contributed by atoms with Crippen LogP contribution in [0.5, 0.6) is 0 Å². The van der Waals surface area contributed by atoms with E-state index in [0.29, 0.717) is 12.1 Å². The lowest BCUT2D eigenvalue weighted by molar-refractivity contribution is -0.385. The van der Waals surface area contributed by atoms with Gasteiger partial charge in [-0.15, -0.1) is 0 Å². The molecule has 0 saturated carbocycles. The molecule has 0 amide bonds. The van der Waals surface area contributed by atoms with Crippen LogP contribution in [0.3, 0.4) is 0 Å². The van der Waals surface area contributed by atoms with Crippen molar-refractivity contribution in [1.82, 2.24) is 0 Å². The lowest BCUT2D eigenvalue weighted by atomic mass is 9.90. The lowest BCUT2D eigenvalue weighted by Crippen LogP contribution is -2.62. The predicted molar refractivity (Wildman–Crippen MR) is 60.4 cm³/mol. The maximum absolute atomic E-state index is 13.6. The van der Waals surface area contributed by atoms with Crippen molar-refractivity contribution in [3.8, 4) is 6.07 Å². The summed E-state index contributed by atoms with van der Waals surface area (Å²) in [6, 6.07) is 3.03.